The van der Waals surface area contributed by atoms with Crippen molar-refractivity contribution in [1.29, 1.82) is 0 Å². The highest BCUT2D eigenvalue weighted by atomic mass is 14.9. The maximum Gasteiger partial charge on any atom is 0.0409 e. The molecular weight excluding hydrogens is 172 g/mol. The monoisotopic (exact) mass is 190 g/mol. The summed E-state index contributed by atoms with van der Waals surface area (Å²) in [6.07, 6.45) is 5.72. The molecule has 1 saturated heterocycles. The third-order valence-electron chi connectivity index (χ3n) is 2.87. The van der Waals surface area contributed by atoms with Gasteiger partial charge in [0.1, 0.15) is 0 Å². The first-order chi connectivity index (χ1) is 6.84. The lowest BCUT2D eigenvalue weighted by Gasteiger charge is -2.22. The summed E-state index contributed by atoms with van der Waals surface area (Å²) < 4.78 is 0. The van der Waals surface area contributed by atoms with Gasteiger partial charge in [-0.3, -0.25) is 4.98 Å². The third-order valence-corrected chi connectivity index (χ3v) is 2.87. The van der Waals surface area contributed by atoms with Crippen LogP contribution in [0.1, 0.15) is 24.1 Å². The van der Waals surface area contributed by atoms with Crippen LogP contribution in [0.15, 0.2) is 18.3 Å². The quantitative estimate of drug-likeness (QED) is 0.771. The number of hydrogen-bond acceptors (Lipinski definition) is 2. The van der Waals surface area contributed by atoms with E-state index in [-0.39, 0.29) is 0 Å². The highest BCUT2D eigenvalue weighted by molar-refractivity contribution is 5.14. The van der Waals surface area contributed by atoms with Gasteiger partial charge in [-0.15, -0.1) is 0 Å². The highest BCUT2D eigenvalue weighted by Crippen LogP contribution is 2.15. The van der Waals surface area contributed by atoms with Gasteiger partial charge in [0.2, 0.25) is 0 Å². The molecule has 1 atom stereocenters. The molecule has 2 heterocycles. The predicted octanol–water partition coefficient (Wildman–Crippen LogP) is 1.93. The van der Waals surface area contributed by atoms with Gasteiger partial charge in [-0.05, 0) is 62.9 Å². The molecule has 0 amide bonds. The van der Waals surface area contributed by atoms with Gasteiger partial charge in [0, 0.05) is 11.9 Å². The Morgan fingerprint density at radius 3 is 3.21 bits per heavy atom. The Morgan fingerprint density at radius 2 is 2.50 bits per heavy atom. The highest BCUT2D eigenvalue weighted by Gasteiger charge is 2.13. The van der Waals surface area contributed by atoms with E-state index in [1.54, 1.807) is 0 Å². The molecule has 14 heavy (non-hydrogen) atoms. The van der Waals surface area contributed by atoms with Crippen LogP contribution in [0.2, 0.25) is 0 Å². The number of hydrogen-bond donors (Lipinski definition) is 1. The van der Waals surface area contributed by atoms with E-state index in [1.807, 2.05) is 6.20 Å². The molecule has 0 bridgehead atoms. The number of rotatable bonds is 2. The summed E-state index contributed by atoms with van der Waals surface area (Å²) in [6.45, 7) is 4.48. The van der Waals surface area contributed by atoms with Gasteiger partial charge < -0.3 is 5.32 Å². The SMILES string of the molecule is Cc1ccnc(CC2CCCNC2)c1. The summed E-state index contributed by atoms with van der Waals surface area (Å²) in [4.78, 5) is 4.41. The molecule has 1 aliphatic rings. The number of aryl methyl sites for hydroxylation is 1. The largest absolute Gasteiger partial charge is 0.316 e. The zero-order valence-corrected chi connectivity index (χ0v) is 8.79. The summed E-state index contributed by atoms with van der Waals surface area (Å²) in [5, 5.41) is 3.44. The Morgan fingerprint density at radius 1 is 1.57 bits per heavy atom. The molecule has 1 fully saturated rings. The Bertz CT molecular complexity index is 290. The van der Waals surface area contributed by atoms with E-state index in [0.29, 0.717) is 0 Å². The minimum atomic E-state index is 0.790. The molecule has 0 aliphatic carbocycles. The second kappa shape index (κ2) is 4.56. The van der Waals surface area contributed by atoms with Crippen molar-refractivity contribution in [1.82, 2.24) is 10.3 Å². The lowest BCUT2D eigenvalue weighted by atomic mass is 9.94. The average Bonchev–Trinajstić information content (AvgIpc) is 2.19. The lowest BCUT2D eigenvalue weighted by molar-refractivity contribution is 0.373. The van der Waals surface area contributed by atoms with Crippen molar-refractivity contribution in [2.75, 3.05) is 13.1 Å². The maximum absolute atomic E-state index is 4.41. The molecule has 0 radical (unpaired) electrons. The second-order valence-corrected chi connectivity index (χ2v) is 4.24. The van der Waals surface area contributed by atoms with Crippen LogP contribution in [0, 0.1) is 12.8 Å². The van der Waals surface area contributed by atoms with Gasteiger partial charge in [0.05, 0.1) is 0 Å². The second-order valence-electron chi connectivity index (χ2n) is 4.24. The van der Waals surface area contributed by atoms with Crippen LogP contribution in [0.5, 0.6) is 0 Å². The van der Waals surface area contributed by atoms with Crippen molar-refractivity contribution in [2.45, 2.75) is 26.2 Å². The van der Waals surface area contributed by atoms with Crippen molar-refractivity contribution in [3.05, 3.63) is 29.6 Å². The zero-order chi connectivity index (χ0) is 9.80. The zero-order valence-electron chi connectivity index (χ0n) is 8.79. The molecule has 0 spiro atoms. The maximum atomic E-state index is 4.41. The van der Waals surface area contributed by atoms with Gasteiger partial charge in [0.15, 0.2) is 0 Å². The minimum absolute atomic E-state index is 0.790. The van der Waals surface area contributed by atoms with E-state index in [1.165, 1.54) is 30.6 Å². The summed E-state index contributed by atoms with van der Waals surface area (Å²) in [6, 6.07) is 4.26. The van der Waals surface area contributed by atoms with Crippen molar-refractivity contribution >= 4 is 0 Å². The molecule has 2 nitrogen and oxygen atoms in total. The summed E-state index contributed by atoms with van der Waals surface area (Å²) in [7, 11) is 0. The first kappa shape index (κ1) is 9.66. The van der Waals surface area contributed by atoms with Gasteiger partial charge in [-0.2, -0.15) is 0 Å². The fraction of sp³-hybridized carbons (Fsp3) is 0.583. The van der Waals surface area contributed by atoms with E-state index in [2.05, 4.69) is 29.4 Å². The van der Waals surface area contributed by atoms with Crippen LogP contribution in [-0.2, 0) is 6.42 Å². The van der Waals surface area contributed by atoms with Crippen LogP contribution in [0.25, 0.3) is 0 Å². The van der Waals surface area contributed by atoms with Crippen LogP contribution < -0.4 is 5.32 Å². The third kappa shape index (κ3) is 2.55. The van der Waals surface area contributed by atoms with Gasteiger partial charge in [-0.1, -0.05) is 0 Å². The topological polar surface area (TPSA) is 24.9 Å². The van der Waals surface area contributed by atoms with Gasteiger partial charge in [-0.25, -0.2) is 0 Å². The van der Waals surface area contributed by atoms with E-state index in [9.17, 15) is 0 Å². The molecule has 76 valence electrons. The van der Waals surface area contributed by atoms with E-state index in [4.69, 9.17) is 0 Å². The van der Waals surface area contributed by atoms with Crippen LogP contribution in [-0.4, -0.2) is 18.1 Å². The molecule has 1 unspecified atom stereocenters. The number of pyridine rings is 1. The standard InChI is InChI=1S/C12H18N2/c1-10-4-6-14-12(7-10)8-11-3-2-5-13-9-11/h4,6-7,11,13H,2-3,5,8-9H2,1H3. The molecule has 1 N–H and O–H groups in total. The van der Waals surface area contributed by atoms with Crippen LogP contribution in [0.4, 0.5) is 0 Å². The van der Waals surface area contributed by atoms with Crippen molar-refractivity contribution < 1.29 is 0 Å². The molecule has 2 heteroatoms. The number of aromatic nitrogens is 1. The fourth-order valence-corrected chi connectivity index (χ4v) is 2.10. The smallest absolute Gasteiger partial charge is 0.0409 e. The molecule has 0 aromatic carbocycles. The Hall–Kier alpha value is -0.890. The Labute approximate surface area is 85.7 Å². The summed E-state index contributed by atoms with van der Waals surface area (Å²) in [5.41, 5.74) is 2.57. The van der Waals surface area contributed by atoms with E-state index < -0.39 is 0 Å². The molecular formula is C12H18N2. The first-order valence-corrected chi connectivity index (χ1v) is 5.47. The van der Waals surface area contributed by atoms with Crippen molar-refractivity contribution in [3.8, 4) is 0 Å². The van der Waals surface area contributed by atoms with Crippen LogP contribution in [0.3, 0.4) is 0 Å². The minimum Gasteiger partial charge on any atom is -0.316 e. The molecule has 0 saturated carbocycles. The lowest BCUT2D eigenvalue weighted by Crippen LogP contribution is -2.31. The van der Waals surface area contributed by atoms with Gasteiger partial charge >= 0.3 is 0 Å². The van der Waals surface area contributed by atoms with Crippen LogP contribution >= 0.6 is 0 Å². The number of nitrogens with zero attached hydrogens (tertiary/aromatic N) is 1. The number of piperidine rings is 1. The summed E-state index contributed by atoms with van der Waals surface area (Å²) in [5.74, 6) is 0.790. The number of nitrogens with one attached hydrogen (secondary N) is 1. The molecule has 1 aromatic rings. The normalized spacial score (nSPS) is 22.2. The summed E-state index contributed by atoms with van der Waals surface area (Å²) >= 11 is 0. The molecule has 1 aromatic heterocycles. The Balaban J connectivity index is 1.95. The average molecular weight is 190 g/mol. The van der Waals surface area contributed by atoms with Gasteiger partial charge in [0.25, 0.3) is 0 Å². The van der Waals surface area contributed by atoms with E-state index >= 15 is 0 Å². The molecule has 2 rings (SSSR count). The van der Waals surface area contributed by atoms with Crippen molar-refractivity contribution in [3.63, 3.8) is 0 Å². The Kier molecular flexibility index (Phi) is 3.14. The predicted molar refractivity (Wildman–Crippen MR) is 58.3 cm³/mol. The molecule has 1 aliphatic heterocycles. The first-order valence-electron chi connectivity index (χ1n) is 5.47. The fourth-order valence-electron chi connectivity index (χ4n) is 2.10. The van der Waals surface area contributed by atoms with E-state index in [0.717, 1.165) is 18.9 Å². The van der Waals surface area contributed by atoms with Crippen molar-refractivity contribution in [2.24, 2.45) is 5.92 Å².